The fourth-order valence-electron chi connectivity index (χ4n) is 3.58. The Morgan fingerprint density at radius 1 is 1.28 bits per heavy atom. The minimum Gasteiger partial charge on any atom is -0.481 e. The number of ether oxygens (including phenoxy) is 1. The van der Waals surface area contributed by atoms with Crippen LogP contribution in [0.15, 0.2) is 0 Å². The number of nitrogens with zero attached hydrogens (tertiary/aromatic N) is 1. The second kappa shape index (κ2) is 6.53. The molecule has 0 aromatic heterocycles. The second-order valence-corrected chi connectivity index (χ2v) is 5.67. The number of hydrogen-bond acceptors (Lipinski definition) is 3. The maximum atomic E-state index is 10.8. The topological polar surface area (TPSA) is 49.8 Å². The zero-order valence-electron chi connectivity index (χ0n) is 11.3. The van der Waals surface area contributed by atoms with Gasteiger partial charge in [-0.05, 0) is 38.0 Å². The zero-order valence-corrected chi connectivity index (χ0v) is 11.3. The molecule has 2 heterocycles. The van der Waals surface area contributed by atoms with Crippen molar-refractivity contribution in [3.63, 3.8) is 0 Å². The van der Waals surface area contributed by atoms with E-state index < -0.39 is 5.97 Å². The van der Waals surface area contributed by atoms with Crippen LogP contribution in [0.4, 0.5) is 0 Å². The second-order valence-electron chi connectivity index (χ2n) is 5.67. The van der Waals surface area contributed by atoms with Crippen molar-refractivity contribution in [3.05, 3.63) is 0 Å². The number of aliphatic carboxylic acids is 1. The lowest BCUT2D eigenvalue weighted by molar-refractivity contribution is -0.138. The summed E-state index contributed by atoms with van der Waals surface area (Å²) in [6.45, 7) is 4.82. The molecule has 0 aliphatic carbocycles. The number of carboxylic acid groups (broad SMARTS) is 1. The molecule has 104 valence electrons. The minimum atomic E-state index is -0.640. The molecule has 0 radical (unpaired) electrons. The molecule has 2 atom stereocenters. The monoisotopic (exact) mass is 255 g/mol. The Hall–Kier alpha value is -0.610. The molecule has 18 heavy (non-hydrogen) atoms. The number of hydrogen-bond donors (Lipinski definition) is 1. The fourth-order valence-corrected chi connectivity index (χ4v) is 3.58. The number of carboxylic acids is 1. The van der Waals surface area contributed by atoms with E-state index in [0.717, 1.165) is 39.0 Å². The van der Waals surface area contributed by atoms with Crippen molar-refractivity contribution < 1.29 is 14.6 Å². The van der Waals surface area contributed by atoms with Gasteiger partial charge >= 0.3 is 5.97 Å². The molecule has 2 bridgehead atoms. The standard InChI is InChI=1S/C14H25NO3/c1-2-6-18-7-5-15-12-3-4-13(15)9-11(8-12)10-14(16)17/h11-13H,2-10H2,1H3,(H,16,17). The van der Waals surface area contributed by atoms with E-state index in [1.165, 1.54) is 12.8 Å². The third-order valence-corrected chi connectivity index (χ3v) is 4.29. The summed E-state index contributed by atoms with van der Waals surface area (Å²) >= 11 is 0. The third kappa shape index (κ3) is 3.45. The molecule has 4 nitrogen and oxygen atoms in total. The van der Waals surface area contributed by atoms with Crippen molar-refractivity contribution >= 4 is 5.97 Å². The van der Waals surface area contributed by atoms with E-state index in [2.05, 4.69) is 11.8 Å². The summed E-state index contributed by atoms with van der Waals surface area (Å²) in [6.07, 6.45) is 6.05. The van der Waals surface area contributed by atoms with E-state index in [1.54, 1.807) is 0 Å². The molecule has 1 N–H and O–H groups in total. The van der Waals surface area contributed by atoms with Gasteiger partial charge in [0.15, 0.2) is 0 Å². The molecule has 2 unspecified atom stereocenters. The van der Waals surface area contributed by atoms with Crippen molar-refractivity contribution in [2.45, 2.75) is 57.5 Å². The average Bonchev–Trinajstić information content (AvgIpc) is 2.56. The Morgan fingerprint density at radius 3 is 2.50 bits per heavy atom. The number of carbonyl (C=O) groups is 1. The molecule has 0 saturated carbocycles. The van der Waals surface area contributed by atoms with Gasteiger partial charge in [-0.3, -0.25) is 9.69 Å². The number of fused-ring (bicyclic) bond motifs is 2. The molecule has 0 aromatic rings. The number of piperidine rings is 1. The van der Waals surface area contributed by atoms with Crippen LogP contribution in [0.2, 0.25) is 0 Å². The highest BCUT2D eigenvalue weighted by atomic mass is 16.5. The molecule has 2 aliphatic heterocycles. The lowest BCUT2D eigenvalue weighted by atomic mass is 9.88. The van der Waals surface area contributed by atoms with E-state index in [1.807, 2.05) is 0 Å². The summed E-state index contributed by atoms with van der Waals surface area (Å²) in [4.78, 5) is 13.4. The van der Waals surface area contributed by atoms with Crippen LogP contribution in [-0.4, -0.2) is 47.8 Å². The lowest BCUT2D eigenvalue weighted by Crippen LogP contribution is -2.44. The van der Waals surface area contributed by atoms with Crippen LogP contribution < -0.4 is 0 Å². The van der Waals surface area contributed by atoms with Gasteiger partial charge in [0.2, 0.25) is 0 Å². The molecule has 2 saturated heterocycles. The van der Waals surface area contributed by atoms with Crippen LogP contribution in [0.1, 0.15) is 45.4 Å². The van der Waals surface area contributed by atoms with Crippen molar-refractivity contribution in [2.24, 2.45) is 5.92 Å². The maximum Gasteiger partial charge on any atom is 0.303 e. The number of rotatable bonds is 7. The highest BCUT2D eigenvalue weighted by Crippen LogP contribution is 2.39. The molecule has 2 rings (SSSR count). The van der Waals surface area contributed by atoms with Crippen molar-refractivity contribution in [1.82, 2.24) is 4.90 Å². The first-order valence-corrected chi connectivity index (χ1v) is 7.26. The summed E-state index contributed by atoms with van der Waals surface area (Å²) in [5, 5.41) is 8.89. The van der Waals surface area contributed by atoms with Crippen LogP contribution in [0.5, 0.6) is 0 Å². The van der Waals surface area contributed by atoms with Gasteiger partial charge in [-0.15, -0.1) is 0 Å². The normalized spacial score (nSPS) is 31.7. The van der Waals surface area contributed by atoms with E-state index >= 15 is 0 Å². The van der Waals surface area contributed by atoms with Gasteiger partial charge in [-0.25, -0.2) is 0 Å². The molecule has 4 heteroatoms. The SMILES string of the molecule is CCCOCCN1C2CCC1CC(CC(=O)O)C2. The summed E-state index contributed by atoms with van der Waals surface area (Å²) < 4.78 is 5.57. The van der Waals surface area contributed by atoms with E-state index in [-0.39, 0.29) is 0 Å². The van der Waals surface area contributed by atoms with Crippen molar-refractivity contribution in [1.29, 1.82) is 0 Å². The Kier molecular flexibility index (Phi) is 5.01. The minimum absolute atomic E-state index is 0.354. The predicted octanol–water partition coefficient (Wildman–Crippen LogP) is 2.13. The first-order valence-electron chi connectivity index (χ1n) is 7.26. The Morgan fingerprint density at radius 2 is 1.94 bits per heavy atom. The summed E-state index contributed by atoms with van der Waals surface area (Å²) in [5.41, 5.74) is 0. The average molecular weight is 255 g/mol. The van der Waals surface area contributed by atoms with Gasteiger partial charge in [0, 0.05) is 31.7 Å². The third-order valence-electron chi connectivity index (χ3n) is 4.29. The Labute approximate surface area is 109 Å². The molecule has 2 fully saturated rings. The Bertz CT molecular complexity index is 268. The zero-order chi connectivity index (χ0) is 13.0. The molecule has 0 aromatic carbocycles. The summed E-state index contributed by atoms with van der Waals surface area (Å²) in [5.74, 6) is -0.244. The van der Waals surface area contributed by atoms with Gasteiger partial charge in [0.1, 0.15) is 0 Å². The quantitative estimate of drug-likeness (QED) is 0.708. The lowest BCUT2D eigenvalue weighted by Gasteiger charge is -2.38. The molecular formula is C14H25NO3. The fraction of sp³-hybridized carbons (Fsp3) is 0.929. The van der Waals surface area contributed by atoms with Crippen molar-refractivity contribution in [2.75, 3.05) is 19.8 Å². The summed E-state index contributed by atoms with van der Waals surface area (Å²) in [6, 6.07) is 1.22. The van der Waals surface area contributed by atoms with Gasteiger partial charge in [-0.1, -0.05) is 6.92 Å². The van der Waals surface area contributed by atoms with Crippen LogP contribution in [0.3, 0.4) is 0 Å². The summed E-state index contributed by atoms with van der Waals surface area (Å²) in [7, 11) is 0. The Balaban J connectivity index is 1.77. The van der Waals surface area contributed by atoms with Crippen LogP contribution in [-0.2, 0) is 9.53 Å². The smallest absolute Gasteiger partial charge is 0.303 e. The van der Waals surface area contributed by atoms with Gasteiger partial charge in [0.25, 0.3) is 0 Å². The highest BCUT2D eigenvalue weighted by Gasteiger charge is 2.40. The molecular weight excluding hydrogens is 230 g/mol. The molecule has 0 amide bonds. The van der Waals surface area contributed by atoms with Gasteiger partial charge in [-0.2, -0.15) is 0 Å². The first-order chi connectivity index (χ1) is 8.70. The van der Waals surface area contributed by atoms with Crippen molar-refractivity contribution in [3.8, 4) is 0 Å². The van der Waals surface area contributed by atoms with Crippen LogP contribution in [0.25, 0.3) is 0 Å². The van der Waals surface area contributed by atoms with Crippen LogP contribution in [0, 0.1) is 5.92 Å². The first kappa shape index (κ1) is 13.8. The van der Waals surface area contributed by atoms with E-state index in [0.29, 0.717) is 24.4 Å². The maximum absolute atomic E-state index is 10.8. The predicted molar refractivity (Wildman–Crippen MR) is 69.6 cm³/mol. The molecule has 0 spiro atoms. The van der Waals surface area contributed by atoms with Gasteiger partial charge < -0.3 is 9.84 Å². The van der Waals surface area contributed by atoms with Gasteiger partial charge in [0.05, 0.1) is 6.61 Å². The largest absolute Gasteiger partial charge is 0.481 e. The highest BCUT2D eigenvalue weighted by molar-refractivity contribution is 5.67. The molecule has 2 aliphatic rings. The van der Waals surface area contributed by atoms with E-state index in [4.69, 9.17) is 9.84 Å². The van der Waals surface area contributed by atoms with Crippen LogP contribution >= 0.6 is 0 Å². The van der Waals surface area contributed by atoms with E-state index in [9.17, 15) is 4.79 Å².